The van der Waals surface area contributed by atoms with Gasteiger partial charge in [-0.15, -0.1) is 0 Å². The molecule has 3 heteroatoms. The monoisotopic (exact) mass is 952 g/mol. The van der Waals surface area contributed by atoms with E-state index >= 15 is 0 Å². The van der Waals surface area contributed by atoms with Crippen LogP contribution in [0.3, 0.4) is 0 Å². The van der Waals surface area contributed by atoms with Crippen LogP contribution in [0.25, 0.3) is 0 Å². The molecule has 0 aliphatic rings. The maximum atomic E-state index is 6.60. The summed E-state index contributed by atoms with van der Waals surface area (Å²) in [4.78, 5) is 0. The van der Waals surface area contributed by atoms with Gasteiger partial charge in [0.2, 0.25) is 5.75 Å². The molecule has 0 aliphatic carbocycles. The predicted octanol–water partition coefficient (Wildman–Crippen LogP) is 23.2. The lowest BCUT2D eigenvalue weighted by Gasteiger charge is -2.19. The molecule has 0 aliphatic heterocycles. The summed E-state index contributed by atoms with van der Waals surface area (Å²) in [5, 5.41) is 0. The summed E-state index contributed by atoms with van der Waals surface area (Å²) in [6.45, 7) is 13.4. The summed E-state index contributed by atoms with van der Waals surface area (Å²) in [6, 6.07) is 4.35. The number of hydrogen-bond donors (Lipinski definition) is 0. The highest BCUT2D eigenvalue weighted by Crippen LogP contribution is 2.40. The van der Waals surface area contributed by atoms with Crippen LogP contribution >= 0.6 is 0 Å². The van der Waals surface area contributed by atoms with E-state index in [-0.39, 0.29) is 0 Å². The van der Waals surface area contributed by atoms with Crippen LogP contribution in [0.1, 0.15) is 354 Å². The van der Waals surface area contributed by atoms with Gasteiger partial charge < -0.3 is 14.2 Å². The normalized spacial score (nSPS) is 11.5. The molecule has 3 nitrogen and oxygen atoms in total. The average molecular weight is 953 g/mol. The first-order valence-electron chi connectivity index (χ1n) is 31.6. The SMILES string of the molecule is [CH2]Cc1cc(OCCCCCCCCCCCCCCCCCCC)c(OCCCCCCCCCCCCCCCCCCC)c(OCCCCCCCCCCCCCCCCCCC)c1. The van der Waals surface area contributed by atoms with Gasteiger partial charge in [0, 0.05) is 0 Å². The molecule has 0 N–H and O–H groups in total. The third kappa shape index (κ3) is 44.6. The summed E-state index contributed by atoms with van der Waals surface area (Å²) in [6.07, 6.45) is 71.5. The van der Waals surface area contributed by atoms with E-state index in [1.54, 1.807) is 0 Å². The van der Waals surface area contributed by atoms with Crippen molar-refractivity contribution >= 4 is 0 Å². The van der Waals surface area contributed by atoms with Crippen molar-refractivity contribution in [2.24, 2.45) is 0 Å². The van der Waals surface area contributed by atoms with Gasteiger partial charge in [0.1, 0.15) is 0 Å². The second kappa shape index (κ2) is 54.9. The second-order valence-electron chi connectivity index (χ2n) is 21.7. The van der Waals surface area contributed by atoms with Crippen LogP contribution in [-0.4, -0.2) is 19.8 Å². The molecule has 0 heterocycles. The van der Waals surface area contributed by atoms with Crippen LogP contribution in [0, 0.1) is 6.92 Å². The number of hydrogen-bond acceptors (Lipinski definition) is 3. The van der Waals surface area contributed by atoms with E-state index in [2.05, 4.69) is 39.8 Å². The Morgan fingerprint density at radius 1 is 0.250 bits per heavy atom. The van der Waals surface area contributed by atoms with Crippen molar-refractivity contribution in [3.05, 3.63) is 24.6 Å². The summed E-state index contributed by atoms with van der Waals surface area (Å²) in [5.41, 5.74) is 1.17. The number of rotatable bonds is 58. The fraction of sp³-hybridized carbons (Fsp3) is 0.892. The molecular formula is C65H123O3. The molecule has 0 amide bonds. The minimum Gasteiger partial charge on any atom is -0.490 e. The van der Waals surface area contributed by atoms with E-state index in [1.807, 2.05) is 0 Å². The Kier molecular flexibility index (Phi) is 52.2. The first-order chi connectivity index (χ1) is 33.8. The molecule has 1 aromatic carbocycles. The highest BCUT2D eigenvalue weighted by atomic mass is 16.5. The lowest BCUT2D eigenvalue weighted by Crippen LogP contribution is -2.07. The average Bonchev–Trinajstić information content (AvgIpc) is 3.35. The zero-order valence-corrected chi connectivity index (χ0v) is 47.0. The first-order valence-corrected chi connectivity index (χ1v) is 31.6. The molecule has 0 saturated heterocycles. The lowest BCUT2D eigenvalue weighted by atomic mass is 10.0. The molecule has 0 unspecified atom stereocenters. The number of unbranched alkanes of at least 4 members (excludes halogenated alkanes) is 48. The second-order valence-corrected chi connectivity index (χ2v) is 21.7. The quantitative estimate of drug-likeness (QED) is 0.0609. The minimum atomic E-state index is 0.727. The van der Waals surface area contributed by atoms with E-state index < -0.39 is 0 Å². The van der Waals surface area contributed by atoms with Crippen molar-refractivity contribution in [1.82, 2.24) is 0 Å². The Morgan fingerprint density at radius 3 is 0.618 bits per heavy atom. The van der Waals surface area contributed by atoms with Gasteiger partial charge in [-0.25, -0.2) is 0 Å². The van der Waals surface area contributed by atoms with Crippen LogP contribution in [0.4, 0.5) is 0 Å². The summed E-state index contributed by atoms with van der Waals surface area (Å²) in [7, 11) is 0. The Labute approximate surface area is 428 Å². The zero-order valence-electron chi connectivity index (χ0n) is 47.0. The maximum absolute atomic E-state index is 6.60. The van der Waals surface area contributed by atoms with Crippen LogP contribution in [0.2, 0.25) is 0 Å². The molecule has 0 atom stereocenters. The van der Waals surface area contributed by atoms with E-state index in [4.69, 9.17) is 14.2 Å². The molecule has 1 aromatic rings. The largest absolute Gasteiger partial charge is 0.490 e. The van der Waals surface area contributed by atoms with Crippen LogP contribution in [-0.2, 0) is 6.42 Å². The van der Waals surface area contributed by atoms with Gasteiger partial charge in [0.15, 0.2) is 11.5 Å². The Bertz CT molecular complexity index is 1040. The van der Waals surface area contributed by atoms with Gasteiger partial charge in [-0.2, -0.15) is 0 Å². The minimum absolute atomic E-state index is 0.727. The van der Waals surface area contributed by atoms with Crippen molar-refractivity contribution in [2.45, 2.75) is 355 Å². The molecule has 401 valence electrons. The van der Waals surface area contributed by atoms with Gasteiger partial charge >= 0.3 is 0 Å². The van der Waals surface area contributed by atoms with Gasteiger partial charge in [0.05, 0.1) is 19.8 Å². The highest BCUT2D eigenvalue weighted by molar-refractivity contribution is 5.54. The van der Waals surface area contributed by atoms with E-state index in [0.29, 0.717) is 0 Å². The Hall–Kier alpha value is -1.38. The topological polar surface area (TPSA) is 27.7 Å². The summed E-state index contributed by atoms with van der Waals surface area (Å²) in [5.74, 6) is 2.57. The Balaban J connectivity index is 2.39. The standard InChI is InChI=1S/C65H123O3/c1-5-9-12-15-18-21-24-27-30-33-36-39-42-45-48-51-54-57-66-63-60-62(8-4)61-64(67-58-55-52-49-46-43-40-37-34-31-28-25-22-19-16-13-10-6-2)65(63)68-59-56-53-50-47-44-41-38-35-32-29-26-23-20-17-14-11-7-3/h60-61H,4-59H2,1-3H3. The van der Waals surface area contributed by atoms with Gasteiger partial charge in [-0.3, -0.25) is 0 Å². The molecule has 0 aromatic heterocycles. The fourth-order valence-electron chi connectivity index (χ4n) is 10.2. The molecular weight excluding hydrogens is 829 g/mol. The predicted molar refractivity (Wildman–Crippen MR) is 304 cm³/mol. The Morgan fingerprint density at radius 2 is 0.426 bits per heavy atom. The number of ether oxygens (including phenoxy) is 3. The van der Waals surface area contributed by atoms with E-state index in [1.165, 1.54) is 314 Å². The third-order valence-corrected chi connectivity index (χ3v) is 14.9. The van der Waals surface area contributed by atoms with Crippen molar-refractivity contribution in [1.29, 1.82) is 0 Å². The zero-order chi connectivity index (χ0) is 48.7. The molecule has 1 radical (unpaired) electrons. The summed E-state index contributed by atoms with van der Waals surface area (Å²) < 4.78 is 19.7. The van der Waals surface area contributed by atoms with E-state index in [0.717, 1.165) is 62.8 Å². The van der Waals surface area contributed by atoms with Gasteiger partial charge in [0.25, 0.3) is 0 Å². The summed E-state index contributed by atoms with van der Waals surface area (Å²) >= 11 is 0. The fourth-order valence-corrected chi connectivity index (χ4v) is 10.2. The molecule has 0 spiro atoms. The van der Waals surface area contributed by atoms with Crippen molar-refractivity contribution in [3.8, 4) is 17.2 Å². The first kappa shape index (κ1) is 64.6. The third-order valence-electron chi connectivity index (χ3n) is 14.9. The maximum Gasteiger partial charge on any atom is 0.203 e. The van der Waals surface area contributed by atoms with Crippen molar-refractivity contribution in [3.63, 3.8) is 0 Å². The van der Waals surface area contributed by atoms with Gasteiger partial charge in [-0.05, 0) is 50.3 Å². The molecule has 0 fully saturated rings. The molecule has 1 rings (SSSR count). The van der Waals surface area contributed by atoms with Crippen molar-refractivity contribution in [2.75, 3.05) is 19.8 Å². The van der Waals surface area contributed by atoms with Crippen LogP contribution < -0.4 is 14.2 Å². The van der Waals surface area contributed by atoms with Crippen LogP contribution in [0.5, 0.6) is 17.2 Å². The van der Waals surface area contributed by atoms with Gasteiger partial charge in [-0.1, -0.05) is 329 Å². The van der Waals surface area contributed by atoms with Crippen molar-refractivity contribution < 1.29 is 14.2 Å². The molecule has 0 bridgehead atoms. The molecule has 0 saturated carbocycles. The highest BCUT2D eigenvalue weighted by Gasteiger charge is 2.16. The molecule has 68 heavy (non-hydrogen) atoms. The van der Waals surface area contributed by atoms with E-state index in [9.17, 15) is 0 Å². The smallest absolute Gasteiger partial charge is 0.203 e. The lowest BCUT2D eigenvalue weighted by molar-refractivity contribution is 0.234. The van der Waals surface area contributed by atoms with Crippen LogP contribution in [0.15, 0.2) is 12.1 Å². The number of benzene rings is 1.